The lowest BCUT2D eigenvalue weighted by molar-refractivity contribution is -0.116. The van der Waals surface area contributed by atoms with Crippen LogP contribution in [-0.2, 0) is 16.6 Å². The van der Waals surface area contributed by atoms with E-state index in [4.69, 9.17) is 4.52 Å². The SMILES string of the molecule is CC(C)(C)c1cc(NC(=O)CCc2ccccc2Br)no1. The van der Waals surface area contributed by atoms with Gasteiger partial charge in [-0.25, -0.2) is 0 Å². The molecule has 0 aliphatic carbocycles. The third kappa shape index (κ3) is 4.43. The molecule has 1 aromatic heterocycles. The van der Waals surface area contributed by atoms with Crippen LogP contribution in [0.3, 0.4) is 0 Å². The summed E-state index contributed by atoms with van der Waals surface area (Å²) in [5, 5.41) is 6.64. The molecular weight excluding hydrogens is 332 g/mol. The average molecular weight is 351 g/mol. The third-order valence-electron chi connectivity index (χ3n) is 3.10. The minimum absolute atomic E-state index is 0.0699. The normalized spacial score (nSPS) is 11.4. The summed E-state index contributed by atoms with van der Waals surface area (Å²) in [6.07, 6.45) is 1.08. The fourth-order valence-corrected chi connectivity index (χ4v) is 2.33. The molecule has 112 valence electrons. The van der Waals surface area contributed by atoms with Gasteiger partial charge in [0.2, 0.25) is 5.91 Å². The maximum absolute atomic E-state index is 11.9. The molecule has 2 aromatic rings. The van der Waals surface area contributed by atoms with Crippen molar-refractivity contribution in [2.75, 3.05) is 5.32 Å². The zero-order valence-corrected chi connectivity index (χ0v) is 14.0. The van der Waals surface area contributed by atoms with Crippen LogP contribution in [0.4, 0.5) is 5.82 Å². The Morgan fingerprint density at radius 3 is 2.67 bits per heavy atom. The zero-order valence-electron chi connectivity index (χ0n) is 12.4. The number of carbonyl (C=O) groups excluding carboxylic acids is 1. The second-order valence-corrected chi connectivity index (χ2v) is 6.82. The lowest BCUT2D eigenvalue weighted by atomic mass is 9.93. The fourth-order valence-electron chi connectivity index (χ4n) is 1.84. The number of anilines is 1. The van der Waals surface area contributed by atoms with Crippen molar-refractivity contribution in [2.45, 2.75) is 39.0 Å². The first-order chi connectivity index (χ1) is 9.86. The molecule has 4 nitrogen and oxygen atoms in total. The molecule has 2 rings (SSSR count). The van der Waals surface area contributed by atoms with Crippen LogP contribution in [0.5, 0.6) is 0 Å². The summed E-state index contributed by atoms with van der Waals surface area (Å²) in [5.74, 6) is 1.15. The monoisotopic (exact) mass is 350 g/mol. The number of halogens is 1. The summed E-state index contributed by atoms with van der Waals surface area (Å²) in [6.45, 7) is 6.10. The first-order valence-electron chi connectivity index (χ1n) is 6.87. The summed E-state index contributed by atoms with van der Waals surface area (Å²) in [4.78, 5) is 11.9. The predicted molar refractivity (Wildman–Crippen MR) is 86.3 cm³/mol. The highest BCUT2D eigenvalue weighted by Crippen LogP contribution is 2.24. The van der Waals surface area contributed by atoms with Gasteiger partial charge in [0.25, 0.3) is 0 Å². The molecule has 0 bridgehead atoms. The molecule has 0 spiro atoms. The van der Waals surface area contributed by atoms with Gasteiger partial charge in [-0.3, -0.25) is 4.79 Å². The summed E-state index contributed by atoms with van der Waals surface area (Å²) < 4.78 is 6.26. The van der Waals surface area contributed by atoms with Gasteiger partial charge >= 0.3 is 0 Å². The van der Waals surface area contributed by atoms with Crippen molar-refractivity contribution >= 4 is 27.7 Å². The van der Waals surface area contributed by atoms with E-state index in [1.165, 1.54) is 0 Å². The van der Waals surface area contributed by atoms with Gasteiger partial charge in [0.15, 0.2) is 5.82 Å². The first-order valence-corrected chi connectivity index (χ1v) is 7.66. The summed E-state index contributed by atoms with van der Waals surface area (Å²) in [6, 6.07) is 9.67. The quantitative estimate of drug-likeness (QED) is 0.893. The van der Waals surface area contributed by atoms with E-state index >= 15 is 0 Å². The molecule has 0 aliphatic heterocycles. The maximum atomic E-state index is 11.9. The first kappa shape index (κ1) is 15.8. The van der Waals surface area contributed by atoms with Crippen molar-refractivity contribution in [1.82, 2.24) is 5.16 Å². The molecule has 0 saturated heterocycles. The van der Waals surface area contributed by atoms with Crippen LogP contribution in [0, 0.1) is 0 Å². The van der Waals surface area contributed by atoms with E-state index < -0.39 is 0 Å². The Morgan fingerprint density at radius 2 is 2.05 bits per heavy atom. The van der Waals surface area contributed by atoms with Crippen LogP contribution in [0.25, 0.3) is 0 Å². The lowest BCUT2D eigenvalue weighted by Crippen LogP contribution is -2.13. The van der Waals surface area contributed by atoms with Crippen LogP contribution < -0.4 is 5.32 Å². The molecular formula is C16H19BrN2O2. The highest BCUT2D eigenvalue weighted by Gasteiger charge is 2.20. The molecule has 1 amide bonds. The van der Waals surface area contributed by atoms with Gasteiger partial charge in [-0.05, 0) is 18.1 Å². The van der Waals surface area contributed by atoms with E-state index in [0.717, 1.165) is 15.8 Å². The molecule has 0 atom stereocenters. The molecule has 1 aromatic carbocycles. The number of nitrogens with zero attached hydrogens (tertiary/aromatic N) is 1. The van der Waals surface area contributed by atoms with Gasteiger partial charge in [-0.15, -0.1) is 0 Å². The fraction of sp³-hybridized carbons (Fsp3) is 0.375. The number of aryl methyl sites for hydroxylation is 1. The van der Waals surface area contributed by atoms with E-state index in [0.29, 0.717) is 18.7 Å². The van der Waals surface area contributed by atoms with E-state index in [2.05, 4.69) is 26.4 Å². The number of aromatic nitrogens is 1. The number of benzene rings is 1. The van der Waals surface area contributed by atoms with Crippen molar-refractivity contribution in [3.8, 4) is 0 Å². The number of amides is 1. The largest absolute Gasteiger partial charge is 0.359 e. The van der Waals surface area contributed by atoms with E-state index in [1.54, 1.807) is 6.07 Å². The van der Waals surface area contributed by atoms with Crippen LogP contribution in [-0.4, -0.2) is 11.1 Å². The summed E-state index contributed by atoms with van der Waals surface area (Å²) >= 11 is 3.48. The second-order valence-electron chi connectivity index (χ2n) is 5.97. The van der Waals surface area contributed by atoms with Crippen molar-refractivity contribution in [2.24, 2.45) is 0 Å². The third-order valence-corrected chi connectivity index (χ3v) is 3.87. The van der Waals surface area contributed by atoms with Gasteiger partial charge in [0.1, 0.15) is 5.76 Å². The van der Waals surface area contributed by atoms with E-state index in [9.17, 15) is 4.79 Å². The second kappa shape index (κ2) is 6.43. The molecule has 1 N–H and O–H groups in total. The topological polar surface area (TPSA) is 55.1 Å². The van der Waals surface area contributed by atoms with Gasteiger partial charge in [0, 0.05) is 22.4 Å². The van der Waals surface area contributed by atoms with E-state index in [-0.39, 0.29) is 11.3 Å². The Hall–Kier alpha value is -1.62. The molecule has 0 fully saturated rings. The van der Waals surface area contributed by atoms with Crippen LogP contribution in [0.1, 0.15) is 38.5 Å². The van der Waals surface area contributed by atoms with Crippen molar-refractivity contribution < 1.29 is 9.32 Å². The van der Waals surface area contributed by atoms with Crippen LogP contribution in [0.2, 0.25) is 0 Å². The van der Waals surface area contributed by atoms with Crippen molar-refractivity contribution in [1.29, 1.82) is 0 Å². The van der Waals surface area contributed by atoms with Crippen molar-refractivity contribution in [3.05, 3.63) is 46.1 Å². The molecule has 0 aliphatic rings. The lowest BCUT2D eigenvalue weighted by Gasteiger charge is -2.12. The Balaban J connectivity index is 1.90. The summed E-state index contributed by atoms with van der Waals surface area (Å²) in [5.41, 5.74) is 0.994. The Kier molecular flexibility index (Phi) is 4.83. The van der Waals surface area contributed by atoms with Gasteiger partial charge < -0.3 is 9.84 Å². The minimum Gasteiger partial charge on any atom is -0.359 e. The molecule has 0 radical (unpaired) electrons. The number of hydrogen-bond acceptors (Lipinski definition) is 3. The zero-order chi connectivity index (χ0) is 15.5. The molecule has 0 unspecified atom stereocenters. The van der Waals surface area contributed by atoms with Crippen LogP contribution >= 0.6 is 15.9 Å². The summed E-state index contributed by atoms with van der Waals surface area (Å²) in [7, 11) is 0. The molecule has 5 heteroatoms. The highest BCUT2D eigenvalue weighted by molar-refractivity contribution is 9.10. The number of carbonyl (C=O) groups is 1. The Morgan fingerprint density at radius 1 is 1.33 bits per heavy atom. The Bertz CT molecular complexity index is 629. The number of rotatable bonds is 4. The maximum Gasteiger partial charge on any atom is 0.225 e. The van der Waals surface area contributed by atoms with E-state index in [1.807, 2.05) is 45.0 Å². The number of hydrogen-bond donors (Lipinski definition) is 1. The number of nitrogens with one attached hydrogen (secondary N) is 1. The predicted octanol–water partition coefficient (Wildman–Crippen LogP) is 4.31. The van der Waals surface area contributed by atoms with Crippen molar-refractivity contribution in [3.63, 3.8) is 0 Å². The average Bonchev–Trinajstić information content (AvgIpc) is 2.86. The van der Waals surface area contributed by atoms with Gasteiger partial charge in [-0.1, -0.05) is 60.1 Å². The van der Waals surface area contributed by atoms with Gasteiger partial charge in [-0.2, -0.15) is 0 Å². The molecule has 0 saturated carbocycles. The van der Waals surface area contributed by atoms with Crippen LogP contribution in [0.15, 0.2) is 39.3 Å². The molecule has 21 heavy (non-hydrogen) atoms. The highest BCUT2D eigenvalue weighted by atomic mass is 79.9. The molecule has 1 heterocycles. The minimum atomic E-state index is -0.120. The smallest absolute Gasteiger partial charge is 0.225 e. The standard InChI is InChI=1S/C16H19BrN2O2/c1-16(2,3)13-10-14(19-21-13)18-15(20)9-8-11-6-4-5-7-12(11)17/h4-7,10H,8-9H2,1-3H3,(H,18,19,20). The Labute approximate surface area is 133 Å². The van der Waals surface area contributed by atoms with Gasteiger partial charge in [0.05, 0.1) is 0 Å².